The Morgan fingerprint density at radius 3 is 2.50 bits per heavy atom. The number of methoxy groups -OCH3 is 2. The average molecular weight is 441 g/mol. The Hall–Kier alpha value is -1.84. The lowest BCUT2D eigenvalue weighted by molar-refractivity contribution is -0.106. The van der Waals surface area contributed by atoms with Gasteiger partial charge in [-0.15, -0.1) is 0 Å². The smallest absolute Gasteiger partial charge is 0.183 e. The van der Waals surface area contributed by atoms with Crippen LogP contribution < -0.4 is 16.7 Å². The van der Waals surface area contributed by atoms with Gasteiger partial charge in [0.25, 0.3) is 0 Å². The van der Waals surface area contributed by atoms with Crippen LogP contribution >= 0.6 is 0 Å². The molecule has 0 saturated carbocycles. The summed E-state index contributed by atoms with van der Waals surface area (Å²) in [7, 11) is 3.28. The molecule has 0 aromatic heterocycles. The van der Waals surface area contributed by atoms with E-state index in [1.807, 2.05) is 24.3 Å². The van der Waals surface area contributed by atoms with Gasteiger partial charge in [0.15, 0.2) is 6.29 Å². The monoisotopic (exact) mass is 440 g/mol. The van der Waals surface area contributed by atoms with Crippen LogP contribution in [0.2, 0.25) is 0 Å². The summed E-state index contributed by atoms with van der Waals surface area (Å²) in [5, 5.41) is 2.27. The Balaban J connectivity index is 1.43. The minimum absolute atomic E-state index is 0.311. The summed E-state index contributed by atoms with van der Waals surface area (Å²) < 4.78 is 16.7. The van der Waals surface area contributed by atoms with Crippen LogP contribution in [0.1, 0.15) is 55.7 Å². The molecule has 174 valence electrons. The van der Waals surface area contributed by atoms with Gasteiger partial charge >= 0.3 is 0 Å². The van der Waals surface area contributed by atoms with E-state index < -0.39 is 0 Å². The molecule has 0 radical (unpaired) electrons. The van der Waals surface area contributed by atoms with Crippen LogP contribution in [0.5, 0.6) is 0 Å². The molecule has 0 amide bonds. The molecule has 7 nitrogen and oxygen atoms in total. The van der Waals surface area contributed by atoms with Crippen molar-refractivity contribution in [3.8, 4) is 11.1 Å². The quantitative estimate of drug-likeness (QED) is 0.406. The van der Waals surface area contributed by atoms with Crippen molar-refractivity contribution < 1.29 is 14.2 Å². The summed E-state index contributed by atoms with van der Waals surface area (Å²) in [5.41, 5.74) is 17.5. The summed E-state index contributed by atoms with van der Waals surface area (Å²) in [4.78, 5) is 0. The Morgan fingerprint density at radius 1 is 1.00 bits per heavy atom. The van der Waals surface area contributed by atoms with Crippen molar-refractivity contribution >= 4 is 0 Å². The van der Waals surface area contributed by atoms with Crippen molar-refractivity contribution in [2.75, 3.05) is 27.4 Å². The van der Waals surface area contributed by atoms with Crippen molar-refractivity contribution in [1.82, 2.24) is 16.0 Å². The van der Waals surface area contributed by atoms with Gasteiger partial charge < -0.3 is 19.9 Å². The van der Waals surface area contributed by atoms with Gasteiger partial charge in [-0.05, 0) is 48.8 Å². The highest BCUT2D eigenvalue weighted by Gasteiger charge is 2.33. The molecule has 0 bridgehead atoms. The van der Waals surface area contributed by atoms with Crippen LogP contribution in [0.15, 0.2) is 48.5 Å². The predicted molar refractivity (Wildman–Crippen MR) is 125 cm³/mol. The largest absolute Gasteiger partial charge is 0.377 e. The molecule has 0 aliphatic carbocycles. The van der Waals surface area contributed by atoms with E-state index in [4.69, 9.17) is 19.9 Å². The molecule has 2 heterocycles. The zero-order valence-electron chi connectivity index (χ0n) is 19.1. The van der Waals surface area contributed by atoms with E-state index in [1.54, 1.807) is 14.2 Å². The lowest BCUT2D eigenvalue weighted by atomic mass is 9.97. The topological polar surface area (TPSA) is 81.0 Å². The third-order valence-electron chi connectivity index (χ3n) is 6.52. The van der Waals surface area contributed by atoms with Crippen LogP contribution in [0, 0.1) is 0 Å². The summed E-state index contributed by atoms with van der Waals surface area (Å²) in [6.07, 6.45) is 5.48. The van der Waals surface area contributed by atoms with Gasteiger partial charge in [-0.2, -0.15) is 5.53 Å². The van der Waals surface area contributed by atoms with Crippen molar-refractivity contribution in [2.24, 2.45) is 5.73 Å². The first-order valence-electron chi connectivity index (χ1n) is 11.6. The van der Waals surface area contributed by atoms with Crippen LogP contribution in [-0.4, -0.2) is 44.5 Å². The molecule has 2 fully saturated rings. The number of nitrogens with one attached hydrogen (secondary N) is 2. The van der Waals surface area contributed by atoms with Crippen LogP contribution in [0.4, 0.5) is 0 Å². The van der Waals surface area contributed by atoms with E-state index in [9.17, 15) is 0 Å². The minimum Gasteiger partial charge on any atom is -0.377 e. The minimum atomic E-state index is -0.367. The summed E-state index contributed by atoms with van der Waals surface area (Å²) in [5.74, 6) is 0. The van der Waals surface area contributed by atoms with Crippen molar-refractivity contribution in [1.29, 1.82) is 0 Å². The maximum absolute atomic E-state index is 6.58. The molecule has 3 atom stereocenters. The summed E-state index contributed by atoms with van der Waals surface area (Å²) in [6, 6.07) is 16.8. The van der Waals surface area contributed by atoms with Crippen LogP contribution in [0.3, 0.4) is 0 Å². The molecule has 32 heavy (non-hydrogen) atoms. The lowest BCUT2D eigenvalue weighted by Gasteiger charge is -2.35. The van der Waals surface area contributed by atoms with Gasteiger partial charge in [0.1, 0.15) is 0 Å². The number of hydrogen-bond donors (Lipinski definition) is 3. The van der Waals surface area contributed by atoms with Crippen LogP contribution in [0.25, 0.3) is 11.1 Å². The predicted octanol–water partition coefficient (Wildman–Crippen LogP) is 3.65. The fraction of sp³-hybridized carbons (Fsp3) is 0.520. The van der Waals surface area contributed by atoms with E-state index in [1.165, 1.54) is 19.3 Å². The molecule has 2 aromatic carbocycles. The second-order valence-electron chi connectivity index (χ2n) is 8.55. The zero-order valence-corrected chi connectivity index (χ0v) is 19.1. The number of nitrogens with two attached hydrogens (primary N) is 1. The molecular formula is C25H36N4O3. The number of hydrogen-bond acceptors (Lipinski definition) is 7. The average Bonchev–Trinajstić information content (AvgIpc) is 3.33. The molecule has 2 saturated heterocycles. The van der Waals surface area contributed by atoms with E-state index in [-0.39, 0.29) is 12.5 Å². The Labute approximate surface area is 191 Å². The van der Waals surface area contributed by atoms with Crippen LogP contribution in [-0.2, 0) is 14.2 Å². The van der Waals surface area contributed by atoms with Gasteiger partial charge in [0, 0.05) is 32.9 Å². The van der Waals surface area contributed by atoms with Gasteiger partial charge in [-0.3, -0.25) is 0 Å². The third kappa shape index (κ3) is 5.38. The van der Waals surface area contributed by atoms with Crippen molar-refractivity contribution in [2.45, 2.75) is 56.7 Å². The molecule has 2 aromatic rings. The van der Waals surface area contributed by atoms with E-state index in [0.29, 0.717) is 12.1 Å². The van der Waals surface area contributed by atoms with Gasteiger partial charge in [0.2, 0.25) is 0 Å². The Bertz CT molecular complexity index is 837. The zero-order chi connectivity index (χ0) is 22.3. The first-order chi connectivity index (χ1) is 15.7. The molecule has 3 unspecified atom stereocenters. The SMILES string of the molecule is COC(OC)c1ccc(-c2ccccc2C(N)NNN2CCCC2C2CCCCO2)cc1. The highest BCUT2D eigenvalue weighted by atomic mass is 16.7. The molecule has 4 rings (SSSR count). The number of rotatable bonds is 9. The highest BCUT2D eigenvalue weighted by molar-refractivity contribution is 5.68. The van der Waals surface area contributed by atoms with E-state index in [2.05, 4.69) is 40.2 Å². The van der Waals surface area contributed by atoms with Gasteiger partial charge in [-0.1, -0.05) is 48.5 Å². The normalized spacial score (nSPS) is 23.0. The first-order valence-corrected chi connectivity index (χ1v) is 11.6. The maximum Gasteiger partial charge on any atom is 0.183 e. The molecule has 2 aliphatic rings. The Kier molecular flexibility index (Phi) is 8.26. The molecule has 7 heteroatoms. The summed E-state index contributed by atoms with van der Waals surface area (Å²) >= 11 is 0. The second-order valence-corrected chi connectivity index (χ2v) is 8.55. The second kappa shape index (κ2) is 11.3. The first kappa shape index (κ1) is 23.3. The number of nitrogens with zero attached hydrogens (tertiary/aromatic N) is 1. The standard InChI is InChI=1S/C25H36N4O3/c1-30-25(31-2)19-14-12-18(13-15-19)20-8-3-4-9-21(20)24(26)27-28-29-16-7-10-22(29)23-11-5-6-17-32-23/h3-4,8-9,12-15,22-25,27-28H,5-7,10-11,16-17,26H2,1-2H3. The number of hydrazine groups is 2. The van der Waals surface area contributed by atoms with Gasteiger partial charge in [-0.25, -0.2) is 10.4 Å². The van der Waals surface area contributed by atoms with E-state index >= 15 is 0 Å². The van der Waals surface area contributed by atoms with E-state index in [0.717, 1.165) is 48.2 Å². The molecular weight excluding hydrogens is 404 g/mol. The lowest BCUT2D eigenvalue weighted by Crippen LogP contribution is -2.55. The fourth-order valence-corrected chi connectivity index (χ4v) is 4.84. The maximum atomic E-state index is 6.58. The molecule has 2 aliphatic heterocycles. The molecule has 4 N–H and O–H groups in total. The van der Waals surface area contributed by atoms with Crippen molar-refractivity contribution in [3.05, 3.63) is 59.7 Å². The third-order valence-corrected chi connectivity index (χ3v) is 6.52. The van der Waals surface area contributed by atoms with Gasteiger partial charge in [0.05, 0.1) is 18.3 Å². The Morgan fingerprint density at radius 2 is 1.78 bits per heavy atom. The molecule has 0 spiro atoms. The summed E-state index contributed by atoms with van der Waals surface area (Å²) in [6.45, 7) is 1.87. The number of benzene rings is 2. The number of ether oxygens (including phenoxy) is 3. The highest BCUT2D eigenvalue weighted by Crippen LogP contribution is 2.29. The fourth-order valence-electron chi connectivity index (χ4n) is 4.84. The van der Waals surface area contributed by atoms with Crippen molar-refractivity contribution in [3.63, 3.8) is 0 Å².